The fourth-order valence-electron chi connectivity index (χ4n) is 2.24. The minimum absolute atomic E-state index is 0.0436. The van der Waals surface area contributed by atoms with E-state index in [1.807, 2.05) is 7.05 Å². The highest BCUT2D eigenvalue weighted by atomic mass is 32.2. The summed E-state index contributed by atoms with van der Waals surface area (Å²) in [6.45, 7) is 1.28. The lowest BCUT2D eigenvalue weighted by Crippen LogP contribution is -2.47. The maximum absolute atomic E-state index is 12.4. The van der Waals surface area contributed by atoms with Crippen molar-refractivity contribution in [3.63, 3.8) is 0 Å². The van der Waals surface area contributed by atoms with Crippen LogP contribution >= 0.6 is 0 Å². The van der Waals surface area contributed by atoms with E-state index in [-0.39, 0.29) is 11.1 Å². The third-order valence-electron chi connectivity index (χ3n) is 3.07. The molecule has 2 N–H and O–H groups in total. The molecule has 0 saturated carbocycles. The van der Waals surface area contributed by atoms with Gasteiger partial charge in [-0.25, -0.2) is 13.4 Å². The molecule has 1 unspecified atom stereocenters. The van der Waals surface area contributed by atoms with E-state index < -0.39 is 10.0 Å². The zero-order valence-electron chi connectivity index (χ0n) is 9.89. The summed E-state index contributed by atoms with van der Waals surface area (Å²) in [5.41, 5.74) is 0. The molecule has 1 atom stereocenters. The van der Waals surface area contributed by atoms with Crippen LogP contribution in [0.2, 0.25) is 0 Å². The number of H-pyrrole nitrogens is 1. The molecular formula is C10H18N4O2S. The van der Waals surface area contributed by atoms with Gasteiger partial charge >= 0.3 is 0 Å². The molecule has 96 valence electrons. The highest BCUT2D eigenvalue weighted by Crippen LogP contribution is 2.23. The van der Waals surface area contributed by atoms with Crippen molar-refractivity contribution in [2.24, 2.45) is 0 Å². The van der Waals surface area contributed by atoms with E-state index in [0.717, 1.165) is 19.3 Å². The number of aromatic nitrogens is 2. The molecule has 17 heavy (non-hydrogen) atoms. The first-order chi connectivity index (χ1) is 8.16. The van der Waals surface area contributed by atoms with Gasteiger partial charge in [-0.3, -0.25) is 0 Å². The van der Waals surface area contributed by atoms with E-state index in [4.69, 9.17) is 0 Å². The summed E-state index contributed by atoms with van der Waals surface area (Å²) in [5, 5.41) is 3.23. The fourth-order valence-corrected chi connectivity index (χ4v) is 3.83. The van der Waals surface area contributed by atoms with Gasteiger partial charge in [0.05, 0.1) is 12.5 Å². The van der Waals surface area contributed by atoms with Gasteiger partial charge in [-0.1, -0.05) is 6.42 Å². The molecule has 0 aromatic carbocycles. The third kappa shape index (κ3) is 2.51. The van der Waals surface area contributed by atoms with Crippen LogP contribution in [0.4, 0.5) is 0 Å². The van der Waals surface area contributed by atoms with Gasteiger partial charge in [0, 0.05) is 19.1 Å². The Hall–Kier alpha value is -0.920. The number of rotatable bonds is 4. The van der Waals surface area contributed by atoms with Gasteiger partial charge in [0.25, 0.3) is 10.0 Å². The number of aromatic amines is 1. The second kappa shape index (κ2) is 5.16. The molecular weight excluding hydrogens is 240 g/mol. The van der Waals surface area contributed by atoms with Crippen molar-refractivity contribution in [2.45, 2.75) is 30.3 Å². The van der Waals surface area contributed by atoms with Crippen molar-refractivity contribution in [3.05, 3.63) is 12.5 Å². The van der Waals surface area contributed by atoms with Crippen molar-refractivity contribution in [1.82, 2.24) is 19.6 Å². The van der Waals surface area contributed by atoms with Crippen LogP contribution in [0, 0.1) is 0 Å². The van der Waals surface area contributed by atoms with E-state index in [1.165, 1.54) is 12.5 Å². The Balaban J connectivity index is 2.24. The lowest BCUT2D eigenvalue weighted by molar-refractivity contribution is 0.248. The predicted molar refractivity (Wildman–Crippen MR) is 64.0 cm³/mol. The Bertz CT molecular complexity index is 441. The van der Waals surface area contributed by atoms with Crippen LogP contribution in [-0.4, -0.2) is 48.9 Å². The Kier molecular flexibility index (Phi) is 3.80. The Labute approximate surface area is 101 Å². The number of nitrogens with zero attached hydrogens (tertiary/aromatic N) is 2. The lowest BCUT2D eigenvalue weighted by atomic mass is 10.1. The number of imidazole rings is 1. The van der Waals surface area contributed by atoms with Gasteiger partial charge in [-0.2, -0.15) is 4.31 Å². The zero-order valence-corrected chi connectivity index (χ0v) is 10.7. The lowest BCUT2D eigenvalue weighted by Gasteiger charge is -2.34. The monoisotopic (exact) mass is 258 g/mol. The molecule has 0 amide bonds. The summed E-state index contributed by atoms with van der Waals surface area (Å²) in [4.78, 5) is 6.45. The molecule has 2 rings (SSSR count). The molecule has 0 spiro atoms. The van der Waals surface area contributed by atoms with Crippen LogP contribution < -0.4 is 5.32 Å². The molecule has 1 aromatic rings. The van der Waals surface area contributed by atoms with Crippen LogP contribution in [0.25, 0.3) is 0 Å². The summed E-state index contributed by atoms with van der Waals surface area (Å²) in [6, 6.07) is 0.0436. The van der Waals surface area contributed by atoms with Gasteiger partial charge in [0.2, 0.25) is 0 Å². The van der Waals surface area contributed by atoms with E-state index in [2.05, 4.69) is 15.3 Å². The molecule has 0 aliphatic carbocycles. The molecule has 7 heteroatoms. The van der Waals surface area contributed by atoms with Crippen LogP contribution in [0.5, 0.6) is 0 Å². The van der Waals surface area contributed by atoms with Crippen molar-refractivity contribution < 1.29 is 8.42 Å². The van der Waals surface area contributed by atoms with Crippen LogP contribution in [0.3, 0.4) is 0 Å². The largest absolute Gasteiger partial charge is 0.335 e. The van der Waals surface area contributed by atoms with Crippen LogP contribution in [-0.2, 0) is 10.0 Å². The molecule has 1 aliphatic rings. The van der Waals surface area contributed by atoms with Crippen molar-refractivity contribution in [2.75, 3.05) is 20.1 Å². The number of piperidine rings is 1. The Morgan fingerprint density at radius 2 is 2.41 bits per heavy atom. The molecule has 1 saturated heterocycles. The Morgan fingerprint density at radius 1 is 1.59 bits per heavy atom. The molecule has 2 heterocycles. The maximum Gasteiger partial charge on any atom is 0.260 e. The molecule has 0 radical (unpaired) electrons. The third-order valence-corrected chi connectivity index (χ3v) is 4.95. The van der Waals surface area contributed by atoms with E-state index in [9.17, 15) is 8.42 Å². The van der Waals surface area contributed by atoms with Gasteiger partial charge < -0.3 is 10.3 Å². The molecule has 0 bridgehead atoms. The summed E-state index contributed by atoms with van der Waals surface area (Å²) in [7, 11) is -1.57. The number of nitrogens with one attached hydrogen (secondary N) is 2. The summed E-state index contributed by atoms with van der Waals surface area (Å²) < 4.78 is 26.3. The summed E-state index contributed by atoms with van der Waals surface area (Å²) in [6.07, 6.45) is 5.67. The second-order valence-electron chi connectivity index (χ2n) is 4.24. The topological polar surface area (TPSA) is 78.1 Å². The van der Waals surface area contributed by atoms with Crippen molar-refractivity contribution in [3.8, 4) is 0 Å². The minimum atomic E-state index is -3.41. The molecule has 6 nitrogen and oxygen atoms in total. The van der Waals surface area contributed by atoms with Gasteiger partial charge in [0.15, 0.2) is 5.03 Å². The van der Waals surface area contributed by atoms with E-state index >= 15 is 0 Å². The SMILES string of the molecule is CNCC1CCCCN1S(=O)(=O)c1cnc[nH]1. The van der Waals surface area contributed by atoms with Crippen LogP contribution in [0.1, 0.15) is 19.3 Å². The predicted octanol–water partition coefficient (Wildman–Crippen LogP) is 0.172. The molecule has 1 fully saturated rings. The van der Waals surface area contributed by atoms with Crippen LogP contribution in [0.15, 0.2) is 17.6 Å². The Morgan fingerprint density at radius 3 is 3.06 bits per heavy atom. The van der Waals surface area contributed by atoms with Gasteiger partial charge in [-0.15, -0.1) is 0 Å². The number of hydrogen-bond acceptors (Lipinski definition) is 4. The highest BCUT2D eigenvalue weighted by molar-refractivity contribution is 7.89. The normalized spacial score (nSPS) is 22.8. The van der Waals surface area contributed by atoms with E-state index in [1.54, 1.807) is 4.31 Å². The number of hydrogen-bond donors (Lipinski definition) is 2. The first kappa shape index (κ1) is 12.5. The number of sulfonamides is 1. The van der Waals surface area contributed by atoms with Crippen molar-refractivity contribution >= 4 is 10.0 Å². The maximum atomic E-state index is 12.4. The second-order valence-corrected chi connectivity index (χ2v) is 6.10. The standard InChI is InChI=1S/C10H18N4O2S/c1-11-6-9-4-2-3-5-14(9)17(15,16)10-7-12-8-13-10/h7-9,11H,2-6H2,1H3,(H,12,13). The molecule has 1 aliphatic heterocycles. The van der Waals surface area contributed by atoms with Gasteiger partial charge in [0.1, 0.15) is 0 Å². The fraction of sp³-hybridized carbons (Fsp3) is 0.700. The summed E-state index contributed by atoms with van der Waals surface area (Å²) >= 11 is 0. The highest BCUT2D eigenvalue weighted by Gasteiger charge is 2.33. The average Bonchev–Trinajstić information content (AvgIpc) is 2.84. The minimum Gasteiger partial charge on any atom is -0.335 e. The average molecular weight is 258 g/mol. The summed E-state index contributed by atoms with van der Waals surface area (Å²) in [5.74, 6) is 0. The van der Waals surface area contributed by atoms with E-state index in [0.29, 0.717) is 13.1 Å². The van der Waals surface area contributed by atoms with Crippen molar-refractivity contribution in [1.29, 1.82) is 0 Å². The first-order valence-electron chi connectivity index (χ1n) is 5.81. The quantitative estimate of drug-likeness (QED) is 0.807. The van der Waals surface area contributed by atoms with Gasteiger partial charge in [-0.05, 0) is 19.9 Å². The first-order valence-corrected chi connectivity index (χ1v) is 7.25. The number of likely N-dealkylation sites (N-methyl/N-ethyl adjacent to an activating group) is 1. The molecule has 1 aromatic heterocycles. The smallest absolute Gasteiger partial charge is 0.260 e. The zero-order chi connectivity index (χ0) is 12.3.